The number of benzene rings is 1. The van der Waals surface area contributed by atoms with Gasteiger partial charge in [0.25, 0.3) is 0 Å². The van der Waals surface area contributed by atoms with Gasteiger partial charge in [0.15, 0.2) is 0 Å². The number of aliphatic hydroxyl groups is 1. The van der Waals surface area contributed by atoms with E-state index in [0.717, 1.165) is 30.8 Å². The van der Waals surface area contributed by atoms with E-state index in [0.29, 0.717) is 6.42 Å². The van der Waals surface area contributed by atoms with Crippen LogP contribution in [0.25, 0.3) is 0 Å². The summed E-state index contributed by atoms with van der Waals surface area (Å²) in [5.74, 6) is 0.0220. The molecule has 1 saturated heterocycles. The molecule has 1 aromatic carbocycles. The van der Waals surface area contributed by atoms with Crippen molar-refractivity contribution in [2.75, 3.05) is 18.0 Å². The number of amides is 1. The Bertz CT molecular complexity index is 448. The van der Waals surface area contributed by atoms with Crippen molar-refractivity contribution in [1.29, 1.82) is 0 Å². The van der Waals surface area contributed by atoms with E-state index in [4.69, 9.17) is 0 Å². The maximum atomic E-state index is 11.1. The first-order valence-electron chi connectivity index (χ1n) is 6.90. The Hall–Kier alpha value is -1.55. The quantitative estimate of drug-likeness (QED) is 0.870. The number of aliphatic hydroxyl groups excluding tert-OH is 1. The number of para-hydroxylation sites is 1. The Morgan fingerprint density at radius 3 is 2.95 bits per heavy atom. The van der Waals surface area contributed by atoms with Gasteiger partial charge in [-0.1, -0.05) is 25.1 Å². The molecular weight excluding hydrogens is 240 g/mol. The molecule has 2 rings (SSSR count). The van der Waals surface area contributed by atoms with Gasteiger partial charge in [-0.25, -0.2) is 0 Å². The molecule has 0 spiro atoms. The Labute approximate surface area is 114 Å². The van der Waals surface area contributed by atoms with Gasteiger partial charge in [0.2, 0.25) is 5.91 Å². The van der Waals surface area contributed by atoms with Crippen LogP contribution >= 0.6 is 0 Å². The third-order valence-electron chi connectivity index (χ3n) is 3.62. The predicted molar refractivity (Wildman–Crippen MR) is 76.1 cm³/mol. The van der Waals surface area contributed by atoms with E-state index in [1.165, 1.54) is 0 Å². The van der Waals surface area contributed by atoms with Crippen LogP contribution in [0.2, 0.25) is 0 Å². The van der Waals surface area contributed by atoms with Gasteiger partial charge in [0.05, 0.1) is 6.10 Å². The largest absolute Gasteiger partial charge is 0.388 e. The van der Waals surface area contributed by atoms with Gasteiger partial charge in [-0.05, 0) is 18.9 Å². The number of nitrogens with one attached hydrogen (secondary N) is 1. The molecule has 4 nitrogen and oxygen atoms in total. The highest BCUT2D eigenvalue weighted by atomic mass is 16.3. The Morgan fingerprint density at radius 2 is 2.26 bits per heavy atom. The third kappa shape index (κ3) is 3.26. The van der Waals surface area contributed by atoms with Gasteiger partial charge in [-0.3, -0.25) is 4.79 Å². The highest BCUT2D eigenvalue weighted by Gasteiger charge is 2.25. The lowest BCUT2D eigenvalue weighted by Gasteiger charge is -2.24. The lowest BCUT2D eigenvalue weighted by atomic mass is 10.0. The summed E-state index contributed by atoms with van der Waals surface area (Å²) in [6.07, 6.45) is 1.24. The van der Waals surface area contributed by atoms with Crippen LogP contribution in [0.3, 0.4) is 0 Å². The number of carbonyl (C=O) groups is 1. The van der Waals surface area contributed by atoms with Crippen LogP contribution in [0, 0.1) is 0 Å². The fraction of sp³-hybridized carbons (Fsp3) is 0.533. The zero-order valence-electron chi connectivity index (χ0n) is 11.6. The second-order valence-electron chi connectivity index (χ2n) is 5.11. The highest BCUT2D eigenvalue weighted by molar-refractivity contribution is 5.73. The van der Waals surface area contributed by atoms with Crippen molar-refractivity contribution in [2.45, 2.75) is 38.8 Å². The minimum atomic E-state index is -0.420. The fourth-order valence-corrected chi connectivity index (χ4v) is 2.66. The monoisotopic (exact) mass is 262 g/mol. The fourth-order valence-electron chi connectivity index (χ4n) is 2.66. The van der Waals surface area contributed by atoms with Crippen molar-refractivity contribution in [3.8, 4) is 0 Å². The Balaban J connectivity index is 2.13. The zero-order valence-corrected chi connectivity index (χ0v) is 11.6. The first-order chi connectivity index (χ1) is 9.11. The predicted octanol–water partition coefficient (Wildman–Crippen LogP) is 1.84. The molecule has 1 heterocycles. The summed E-state index contributed by atoms with van der Waals surface area (Å²) in [5, 5.41) is 13.0. The average molecular weight is 262 g/mol. The van der Waals surface area contributed by atoms with E-state index in [2.05, 4.69) is 10.2 Å². The van der Waals surface area contributed by atoms with Crippen molar-refractivity contribution in [3.63, 3.8) is 0 Å². The minimum absolute atomic E-state index is 0.0220. The topological polar surface area (TPSA) is 52.6 Å². The molecule has 0 aliphatic carbocycles. The summed E-state index contributed by atoms with van der Waals surface area (Å²) < 4.78 is 0. The van der Waals surface area contributed by atoms with Crippen molar-refractivity contribution in [1.82, 2.24) is 5.32 Å². The molecule has 2 atom stereocenters. The first kappa shape index (κ1) is 13.9. The molecule has 1 aromatic rings. The molecule has 19 heavy (non-hydrogen) atoms. The van der Waals surface area contributed by atoms with Gasteiger partial charge in [-0.15, -0.1) is 0 Å². The molecule has 1 unspecified atom stereocenters. The standard InChI is InChI=1S/C15H22N2O2/c1-3-15(19)13-6-4-5-7-14(13)17-9-8-12(10-17)16-11(2)18/h4-7,12,15,19H,3,8-10H2,1-2H3,(H,16,18)/t12?,15-/m1/s1. The molecule has 0 radical (unpaired) electrons. The summed E-state index contributed by atoms with van der Waals surface area (Å²) in [5.41, 5.74) is 2.07. The minimum Gasteiger partial charge on any atom is -0.388 e. The van der Waals surface area contributed by atoms with Crippen LogP contribution < -0.4 is 10.2 Å². The highest BCUT2D eigenvalue weighted by Crippen LogP contribution is 2.30. The maximum absolute atomic E-state index is 11.1. The van der Waals surface area contributed by atoms with Gasteiger partial charge < -0.3 is 15.3 Å². The van der Waals surface area contributed by atoms with Crippen LogP contribution in [0.4, 0.5) is 5.69 Å². The van der Waals surface area contributed by atoms with E-state index in [1.54, 1.807) is 6.92 Å². The first-order valence-corrected chi connectivity index (χ1v) is 6.90. The number of hydrogen-bond acceptors (Lipinski definition) is 3. The summed E-state index contributed by atoms with van der Waals surface area (Å²) in [7, 11) is 0. The maximum Gasteiger partial charge on any atom is 0.217 e. The van der Waals surface area contributed by atoms with E-state index < -0.39 is 6.10 Å². The number of carbonyl (C=O) groups excluding carboxylic acids is 1. The van der Waals surface area contributed by atoms with Crippen molar-refractivity contribution in [2.24, 2.45) is 0 Å². The lowest BCUT2D eigenvalue weighted by Crippen LogP contribution is -2.35. The molecule has 2 N–H and O–H groups in total. The molecule has 1 amide bonds. The summed E-state index contributed by atoms with van der Waals surface area (Å²) >= 11 is 0. The molecule has 104 valence electrons. The van der Waals surface area contributed by atoms with E-state index in [1.807, 2.05) is 31.2 Å². The molecule has 0 bridgehead atoms. The smallest absolute Gasteiger partial charge is 0.217 e. The number of hydrogen-bond donors (Lipinski definition) is 2. The normalized spacial score (nSPS) is 20.4. The average Bonchev–Trinajstić information content (AvgIpc) is 2.85. The number of nitrogens with zero attached hydrogens (tertiary/aromatic N) is 1. The Kier molecular flexibility index (Phi) is 4.43. The molecule has 1 aliphatic rings. The van der Waals surface area contributed by atoms with Crippen LogP contribution in [-0.4, -0.2) is 30.1 Å². The van der Waals surface area contributed by atoms with E-state index >= 15 is 0 Å². The van der Waals surface area contributed by atoms with Gasteiger partial charge >= 0.3 is 0 Å². The number of anilines is 1. The van der Waals surface area contributed by atoms with Gasteiger partial charge in [0, 0.05) is 37.3 Å². The second kappa shape index (κ2) is 6.06. The van der Waals surface area contributed by atoms with Gasteiger partial charge in [0.1, 0.15) is 0 Å². The van der Waals surface area contributed by atoms with Crippen LogP contribution in [0.15, 0.2) is 24.3 Å². The van der Waals surface area contributed by atoms with Gasteiger partial charge in [-0.2, -0.15) is 0 Å². The summed E-state index contributed by atoms with van der Waals surface area (Å²) in [6.45, 7) is 5.26. The van der Waals surface area contributed by atoms with Crippen LogP contribution in [-0.2, 0) is 4.79 Å². The number of rotatable bonds is 4. The van der Waals surface area contributed by atoms with Crippen LogP contribution in [0.1, 0.15) is 38.4 Å². The van der Waals surface area contributed by atoms with Crippen molar-refractivity contribution >= 4 is 11.6 Å². The van der Waals surface area contributed by atoms with Crippen molar-refractivity contribution in [3.05, 3.63) is 29.8 Å². The molecule has 1 aliphatic heterocycles. The molecular formula is C15H22N2O2. The van der Waals surface area contributed by atoms with E-state index in [9.17, 15) is 9.90 Å². The molecule has 4 heteroatoms. The van der Waals surface area contributed by atoms with E-state index in [-0.39, 0.29) is 11.9 Å². The molecule has 0 aromatic heterocycles. The van der Waals surface area contributed by atoms with Crippen molar-refractivity contribution < 1.29 is 9.90 Å². The zero-order chi connectivity index (χ0) is 13.8. The SMILES string of the molecule is CC[C@@H](O)c1ccccc1N1CCC(NC(C)=O)C1. The summed E-state index contributed by atoms with van der Waals surface area (Å²) in [4.78, 5) is 13.3. The lowest BCUT2D eigenvalue weighted by molar-refractivity contribution is -0.119. The van der Waals surface area contributed by atoms with Crippen LogP contribution in [0.5, 0.6) is 0 Å². The second-order valence-corrected chi connectivity index (χ2v) is 5.11. The Morgan fingerprint density at radius 1 is 1.53 bits per heavy atom. The molecule has 1 fully saturated rings. The molecule has 0 saturated carbocycles. The third-order valence-corrected chi connectivity index (χ3v) is 3.62. The summed E-state index contributed by atoms with van der Waals surface area (Å²) in [6, 6.07) is 8.19.